The molecule has 0 saturated heterocycles. The van der Waals surface area contributed by atoms with Gasteiger partial charge in [0, 0.05) is 6.54 Å². The average molecular weight is 263 g/mol. The number of carbonyl (C=O) groups excluding carboxylic acids is 1. The summed E-state index contributed by atoms with van der Waals surface area (Å²) in [5.74, 6) is 0.0566. The van der Waals surface area contributed by atoms with E-state index in [1.165, 1.54) is 4.70 Å². The van der Waals surface area contributed by atoms with Crippen LogP contribution in [0.1, 0.15) is 11.9 Å². The van der Waals surface area contributed by atoms with Gasteiger partial charge in [0.25, 0.3) is 0 Å². The van der Waals surface area contributed by atoms with Crippen molar-refractivity contribution in [3.8, 4) is 0 Å². The van der Waals surface area contributed by atoms with E-state index in [4.69, 9.17) is 0 Å². The lowest BCUT2D eigenvalue weighted by Gasteiger charge is -2.13. The quantitative estimate of drug-likeness (QED) is 0.895. The summed E-state index contributed by atoms with van der Waals surface area (Å²) in [4.78, 5) is 18.0. The van der Waals surface area contributed by atoms with E-state index in [0.717, 1.165) is 10.5 Å². The Bertz CT molecular complexity index is 505. The second-order valence-corrected chi connectivity index (χ2v) is 5.32. The van der Waals surface area contributed by atoms with Crippen LogP contribution in [-0.4, -0.2) is 35.9 Å². The molecule has 0 aliphatic rings. The molecule has 0 unspecified atom stereocenters. The van der Waals surface area contributed by atoms with Crippen LogP contribution in [0.25, 0.3) is 10.2 Å². The van der Waals surface area contributed by atoms with Gasteiger partial charge in [-0.15, -0.1) is 11.3 Å². The zero-order chi connectivity index (χ0) is 13.0. The van der Waals surface area contributed by atoms with E-state index in [2.05, 4.69) is 16.4 Å². The van der Waals surface area contributed by atoms with Crippen molar-refractivity contribution in [2.75, 3.05) is 20.1 Å². The van der Waals surface area contributed by atoms with Gasteiger partial charge in [-0.05, 0) is 26.1 Å². The van der Waals surface area contributed by atoms with Gasteiger partial charge in [0.05, 0.1) is 23.3 Å². The summed E-state index contributed by atoms with van der Waals surface area (Å²) in [7, 11) is 1.93. The number of nitrogens with one attached hydrogen (secondary N) is 1. The van der Waals surface area contributed by atoms with Crippen LogP contribution >= 0.6 is 11.3 Å². The fourth-order valence-electron chi connectivity index (χ4n) is 1.77. The minimum Gasteiger partial charge on any atom is -0.355 e. The first-order valence-electron chi connectivity index (χ1n) is 5.98. The number of rotatable bonds is 5. The first-order valence-corrected chi connectivity index (χ1v) is 6.80. The number of para-hydroxylation sites is 1. The third kappa shape index (κ3) is 3.27. The largest absolute Gasteiger partial charge is 0.355 e. The Morgan fingerprint density at radius 3 is 2.94 bits per heavy atom. The zero-order valence-corrected chi connectivity index (χ0v) is 11.5. The highest BCUT2D eigenvalue weighted by Gasteiger charge is 2.09. The molecule has 0 spiro atoms. The topological polar surface area (TPSA) is 45.2 Å². The molecule has 0 atom stereocenters. The van der Waals surface area contributed by atoms with E-state index in [1.807, 2.05) is 37.1 Å². The fraction of sp³-hybridized carbons (Fsp3) is 0.385. The summed E-state index contributed by atoms with van der Waals surface area (Å²) in [5, 5.41) is 3.84. The monoisotopic (exact) mass is 263 g/mol. The number of hydrogen-bond donors (Lipinski definition) is 1. The SMILES string of the molecule is CCNC(=O)CN(C)Cc1nc2ccccc2s1. The van der Waals surface area contributed by atoms with Gasteiger partial charge in [0.2, 0.25) is 5.91 Å². The number of amides is 1. The lowest BCUT2D eigenvalue weighted by Crippen LogP contribution is -2.34. The Balaban J connectivity index is 1.98. The predicted octanol–water partition coefficient (Wildman–Crippen LogP) is 1.86. The van der Waals surface area contributed by atoms with Crippen molar-refractivity contribution >= 4 is 27.5 Å². The van der Waals surface area contributed by atoms with Crippen LogP contribution in [-0.2, 0) is 11.3 Å². The molecule has 2 aromatic rings. The summed E-state index contributed by atoms with van der Waals surface area (Å²) in [5.41, 5.74) is 1.03. The second kappa shape index (κ2) is 5.93. The maximum atomic E-state index is 11.4. The molecular formula is C13H17N3OS. The molecule has 2 rings (SSSR count). The summed E-state index contributed by atoms with van der Waals surface area (Å²) in [6.07, 6.45) is 0. The van der Waals surface area contributed by atoms with Crippen LogP contribution in [0.15, 0.2) is 24.3 Å². The van der Waals surface area contributed by atoms with E-state index >= 15 is 0 Å². The number of carbonyl (C=O) groups is 1. The molecule has 1 aromatic carbocycles. The number of thiazole rings is 1. The summed E-state index contributed by atoms with van der Waals surface area (Å²) >= 11 is 1.68. The van der Waals surface area contributed by atoms with Gasteiger partial charge < -0.3 is 5.32 Å². The lowest BCUT2D eigenvalue weighted by molar-refractivity contribution is -0.121. The van der Waals surface area contributed by atoms with Gasteiger partial charge in [-0.25, -0.2) is 4.98 Å². The van der Waals surface area contributed by atoms with Crippen LogP contribution in [0.4, 0.5) is 0 Å². The smallest absolute Gasteiger partial charge is 0.234 e. The number of nitrogens with zero attached hydrogens (tertiary/aromatic N) is 2. The van der Waals surface area contributed by atoms with Gasteiger partial charge >= 0.3 is 0 Å². The predicted molar refractivity (Wildman–Crippen MR) is 74.6 cm³/mol. The molecule has 1 amide bonds. The zero-order valence-electron chi connectivity index (χ0n) is 10.6. The third-order valence-electron chi connectivity index (χ3n) is 2.53. The molecule has 0 bridgehead atoms. The first-order chi connectivity index (χ1) is 8.69. The third-order valence-corrected chi connectivity index (χ3v) is 3.55. The van der Waals surface area contributed by atoms with Crippen LogP contribution in [0.2, 0.25) is 0 Å². The Labute approximate surface area is 111 Å². The number of hydrogen-bond acceptors (Lipinski definition) is 4. The highest BCUT2D eigenvalue weighted by Crippen LogP contribution is 2.22. The molecule has 5 heteroatoms. The van der Waals surface area contributed by atoms with Crippen LogP contribution in [0.3, 0.4) is 0 Å². The van der Waals surface area contributed by atoms with Gasteiger partial charge in [0.15, 0.2) is 0 Å². The Kier molecular flexibility index (Phi) is 4.28. The highest BCUT2D eigenvalue weighted by molar-refractivity contribution is 7.18. The number of aromatic nitrogens is 1. The molecule has 0 aliphatic heterocycles. The standard InChI is InChI=1S/C13H17N3OS/c1-3-14-12(17)8-16(2)9-13-15-10-6-4-5-7-11(10)18-13/h4-7H,3,8-9H2,1-2H3,(H,14,17). The molecule has 18 heavy (non-hydrogen) atoms. The van der Waals surface area contributed by atoms with Crippen molar-refractivity contribution in [2.45, 2.75) is 13.5 Å². The van der Waals surface area contributed by atoms with E-state index in [0.29, 0.717) is 19.6 Å². The Morgan fingerprint density at radius 1 is 1.44 bits per heavy atom. The lowest BCUT2D eigenvalue weighted by atomic mass is 10.3. The Hall–Kier alpha value is -1.46. The molecule has 0 aliphatic carbocycles. The van der Waals surface area contributed by atoms with Gasteiger partial charge in [-0.1, -0.05) is 12.1 Å². The minimum absolute atomic E-state index is 0.0566. The molecule has 0 radical (unpaired) electrons. The van der Waals surface area contributed by atoms with Crippen molar-refractivity contribution in [2.24, 2.45) is 0 Å². The Morgan fingerprint density at radius 2 is 2.22 bits per heavy atom. The summed E-state index contributed by atoms with van der Waals surface area (Å²) in [6, 6.07) is 8.09. The summed E-state index contributed by atoms with van der Waals surface area (Å²) in [6.45, 7) is 3.71. The van der Waals surface area contributed by atoms with E-state index in [-0.39, 0.29) is 5.91 Å². The number of likely N-dealkylation sites (N-methyl/N-ethyl adjacent to an activating group) is 2. The highest BCUT2D eigenvalue weighted by atomic mass is 32.1. The molecule has 96 valence electrons. The number of benzene rings is 1. The van der Waals surface area contributed by atoms with Crippen molar-refractivity contribution in [1.82, 2.24) is 15.2 Å². The fourth-order valence-corrected chi connectivity index (χ4v) is 2.82. The van der Waals surface area contributed by atoms with Crippen molar-refractivity contribution < 1.29 is 4.79 Å². The molecule has 1 heterocycles. The molecule has 0 saturated carbocycles. The van der Waals surface area contributed by atoms with E-state index < -0.39 is 0 Å². The van der Waals surface area contributed by atoms with Crippen molar-refractivity contribution in [1.29, 1.82) is 0 Å². The molecule has 0 fully saturated rings. The van der Waals surface area contributed by atoms with Crippen LogP contribution < -0.4 is 5.32 Å². The van der Waals surface area contributed by atoms with Gasteiger partial charge in [-0.3, -0.25) is 9.69 Å². The van der Waals surface area contributed by atoms with Gasteiger partial charge in [-0.2, -0.15) is 0 Å². The molecule has 4 nitrogen and oxygen atoms in total. The van der Waals surface area contributed by atoms with Crippen LogP contribution in [0, 0.1) is 0 Å². The van der Waals surface area contributed by atoms with E-state index in [1.54, 1.807) is 11.3 Å². The minimum atomic E-state index is 0.0566. The summed E-state index contributed by atoms with van der Waals surface area (Å²) < 4.78 is 1.19. The van der Waals surface area contributed by atoms with Crippen molar-refractivity contribution in [3.05, 3.63) is 29.3 Å². The van der Waals surface area contributed by atoms with Crippen LogP contribution in [0.5, 0.6) is 0 Å². The maximum absolute atomic E-state index is 11.4. The maximum Gasteiger partial charge on any atom is 0.234 e. The average Bonchev–Trinajstić information content (AvgIpc) is 2.70. The van der Waals surface area contributed by atoms with Crippen molar-refractivity contribution in [3.63, 3.8) is 0 Å². The van der Waals surface area contributed by atoms with E-state index in [9.17, 15) is 4.79 Å². The first kappa shape index (κ1) is 13.0. The van der Waals surface area contributed by atoms with Gasteiger partial charge in [0.1, 0.15) is 5.01 Å². The number of fused-ring (bicyclic) bond motifs is 1. The molecular weight excluding hydrogens is 246 g/mol. The molecule has 1 aromatic heterocycles. The molecule has 1 N–H and O–H groups in total. The second-order valence-electron chi connectivity index (χ2n) is 4.20. The normalized spacial score (nSPS) is 11.1.